The van der Waals surface area contributed by atoms with Crippen LogP contribution in [0.5, 0.6) is 5.75 Å². The van der Waals surface area contributed by atoms with Crippen molar-refractivity contribution in [2.24, 2.45) is 0 Å². The van der Waals surface area contributed by atoms with Gasteiger partial charge in [-0.3, -0.25) is 19.5 Å². The number of aryl methyl sites for hydroxylation is 1. The summed E-state index contributed by atoms with van der Waals surface area (Å²) >= 11 is 12.7. The number of hydrogen-bond donors (Lipinski definition) is 1. The van der Waals surface area contributed by atoms with Gasteiger partial charge in [0.25, 0.3) is 11.8 Å². The van der Waals surface area contributed by atoms with Crippen LogP contribution in [0.25, 0.3) is 11.4 Å². The molecule has 2 aliphatic heterocycles. The average molecular weight is 592 g/mol. The SMILES string of the molecule is COc1cc(N(C)C)ncc1-c1nc2c(n1C(C)C)[C@@]1(C(=O)Nc3cc(Cl)ccc31)N(c1cc(Cl)cnc1C)C2=O. The first-order chi connectivity index (χ1) is 19.5. The molecule has 41 heavy (non-hydrogen) atoms. The molecule has 1 aromatic carbocycles. The largest absolute Gasteiger partial charge is 0.496 e. The van der Waals surface area contributed by atoms with Gasteiger partial charge >= 0.3 is 0 Å². The van der Waals surface area contributed by atoms with Crippen molar-refractivity contribution in [3.63, 3.8) is 0 Å². The zero-order valence-electron chi connectivity index (χ0n) is 23.3. The van der Waals surface area contributed by atoms with E-state index >= 15 is 0 Å². The molecular formula is C29H27Cl2N7O3. The van der Waals surface area contributed by atoms with E-state index in [0.717, 1.165) is 0 Å². The second-order valence-corrected chi connectivity index (χ2v) is 11.4. The van der Waals surface area contributed by atoms with Crippen LogP contribution in [0.4, 0.5) is 17.2 Å². The highest BCUT2D eigenvalue weighted by molar-refractivity contribution is 6.32. The van der Waals surface area contributed by atoms with E-state index in [1.807, 2.05) is 43.5 Å². The van der Waals surface area contributed by atoms with Crippen LogP contribution in [-0.4, -0.2) is 52.5 Å². The van der Waals surface area contributed by atoms with Crippen molar-refractivity contribution in [2.75, 3.05) is 36.3 Å². The molecule has 0 aliphatic carbocycles. The van der Waals surface area contributed by atoms with Gasteiger partial charge in [0.1, 0.15) is 17.4 Å². The van der Waals surface area contributed by atoms with Gasteiger partial charge in [-0.15, -0.1) is 0 Å². The molecule has 1 N–H and O–H groups in total. The van der Waals surface area contributed by atoms with Gasteiger partial charge in [0.05, 0.1) is 34.8 Å². The van der Waals surface area contributed by atoms with Crippen LogP contribution < -0.4 is 19.9 Å². The number of hydrogen-bond acceptors (Lipinski definition) is 7. The molecule has 5 heterocycles. The Bertz CT molecular complexity index is 1770. The van der Waals surface area contributed by atoms with Crippen LogP contribution in [-0.2, 0) is 10.3 Å². The monoisotopic (exact) mass is 591 g/mol. The molecule has 1 spiro atoms. The topological polar surface area (TPSA) is 105 Å². The number of anilines is 3. The molecule has 4 aromatic rings. The third-order valence-corrected chi connectivity index (χ3v) is 7.94. The average Bonchev–Trinajstić information content (AvgIpc) is 3.53. The number of nitrogens with zero attached hydrogens (tertiary/aromatic N) is 6. The Morgan fingerprint density at radius 2 is 1.80 bits per heavy atom. The summed E-state index contributed by atoms with van der Waals surface area (Å²) in [6, 6.07) is 8.39. The minimum Gasteiger partial charge on any atom is -0.496 e. The third-order valence-electron chi connectivity index (χ3n) is 7.50. The van der Waals surface area contributed by atoms with E-state index in [2.05, 4.69) is 15.3 Å². The highest BCUT2D eigenvalue weighted by Gasteiger charge is 2.64. The highest BCUT2D eigenvalue weighted by Crippen LogP contribution is 2.55. The molecule has 3 aromatic heterocycles. The number of nitrogens with one attached hydrogen (secondary N) is 1. The number of halogens is 2. The van der Waals surface area contributed by atoms with Crippen molar-refractivity contribution in [1.82, 2.24) is 19.5 Å². The molecule has 0 unspecified atom stereocenters. The summed E-state index contributed by atoms with van der Waals surface area (Å²) in [5.41, 5.74) is 1.57. The Kier molecular flexibility index (Phi) is 6.24. The van der Waals surface area contributed by atoms with Gasteiger partial charge in [-0.1, -0.05) is 29.3 Å². The normalized spacial score (nSPS) is 17.3. The molecule has 0 saturated carbocycles. The van der Waals surface area contributed by atoms with Crippen molar-refractivity contribution >= 4 is 52.2 Å². The van der Waals surface area contributed by atoms with Gasteiger partial charge in [-0.2, -0.15) is 0 Å². The minimum atomic E-state index is -1.61. The summed E-state index contributed by atoms with van der Waals surface area (Å²) in [7, 11) is 5.34. The maximum Gasteiger partial charge on any atom is 0.280 e. The van der Waals surface area contributed by atoms with Crippen LogP contribution in [0.1, 0.15) is 47.3 Å². The predicted octanol–water partition coefficient (Wildman–Crippen LogP) is 5.47. The first-order valence-corrected chi connectivity index (χ1v) is 13.7. The Labute approximate surface area is 246 Å². The number of rotatable bonds is 5. The van der Waals surface area contributed by atoms with Gasteiger partial charge in [0, 0.05) is 54.9 Å². The van der Waals surface area contributed by atoms with E-state index in [0.29, 0.717) is 61.3 Å². The molecular weight excluding hydrogens is 565 g/mol. The summed E-state index contributed by atoms with van der Waals surface area (Å²) < 4.78 is 7.66. The van der Waals surface area contributed by atoms with Crippen molar-refractivity contribution in [3.8, 4) is 17.1 Å². The second kappa shape index (κ2) is 9.46. The predicted molar refractivity (Wildman–Crippen MR) is 158 cm³/mol. The van der Waals surface area contributed by atoms with E-state index in [1.165, 1.54) is 11.1 Å². The molecule has 210 valence electrons. The summed E-state index contributed by atoms with van der Waals surface area (Å²) in [5.74, 6) is 0.823. The fourth-order valence-corrected chi connectivity index (χ4v) is 6.06. The third kappa shape index (κ3) is 3.74. The van der Waals surface area contributed by atoms with E-state index in [1.54, 1.807) is 44.5 Å². The first kappa shape index (κ1) is 27.0. The maximum atomic E-state index is 14.5. The number of methoxy groups -OCH3 is 1. The van der Waals surface area contributed by atoms with Gasteiger partial charge in [0.15, 0.2) is 11.2 Å². The number of amides is 2. The molecule has 10 nitrogen and oxygen atoms in total. The summed E-state index contributed by atoms with van der Waals surface area (Å²) in [6.45, 7) is 5.72. The summed E-state index contributed by atoms with van der Waals surface area (Å²) in [4.78, 5) is 46.0. The van der Waals surface area contributed by atoms with Crippen LogP contribution >= 0.6 is 23.2 Å². The van der Waals surface area contributed by atoms with Gasteiger partial charge in [0.2, 0.25) is 0 Å². The molecule has 0 fully saturated rings. The second-order valence-electron chi connectivity index (χ2n) is 10.5. The summed E-state index contributed by atoms with van der Waals surface area (Å²) in [5, 5.41) is 3.75. The van der Waals surface area contributed by atoms with Crippen molar-refractivity contribution in [3.05, 3.63) is 75.4 Å². The quantitative estimate of drug-likeness (QED) is 0.328. The molecule has 2 aliphatic rings. The highest BCUT2D eigenvalue weighted by atomic mass is 35.5. The van der Waals surface area contributed by atoms with E-state index in [4.69, 9.17) is 32.9 Å². The first-order valence-electron chi connectivity index (χ1n) is 12.9. The van der Waals surface area contributed by atoms with E-state index in [9.17, 15) is 9.59 Å². The fourth-order valence-electron chi connectivity index (χ4n) is 5.73. The number of fused-ring (bicyclic) bond motifs is 4. The Morgan fingerprint density at radius 1 is 1.05 bits per heavy atom. The Balaban J connectivity index is 1.72. The lowest BCUT2D eigenvalue weighted by molar-refractivity contribution is -0.119. The molecule has 0 saturated heterocycles. The fraction of sp³-hybridized carbons (Fsp3) is 0.276. The number of aromatic nitrogens is 4. The number of pyridine rings is 2. The van der Waals surface area contributed by atoms with Crippen molar-refractivity contribution in [1.29, 1.82) is 0 Å². The number of imidazole rings is 1. The van der Waals surface area contributed by atoms with Crippen molar-refractivity contribution < 1.29 is 14.3 Å². The summed E-state index contributed by atoms with van der Waals surface area (Å²) in [6.07, 6.45) is 3.18. The molecule has 2 amide bonds. The zero-order valence-corrected chi connectivity index (χ0v) is 24.8. The van der Waals surface area contributed by atoms with Gasteiger partial charge < -0.3 is 19.5 Å². The smallest absolute Gasteiger partial charge is 0.280 e. The Hall–Kier alpha value is -4.15. The van der Waals surface area contributed by atoms with Crippen LogP contribution in [0.3, 0.4) is 0 Å². The number of carbonyl (C=O) groups is 2. The van der Waals surface area contributed by atoms with E-state index < -0.39 is 17.4 Å². The van der Waals surface area contributed by atoms with Crippen molar-refractivity contribution in [2.45, 2.75) is 32.4 Å². The minimum absolute atomic E-state index is 0.143. The number of carbonyl (C=O) groups excluding carboxylic acids is 2. The lowest BCUT2D eigenvalue weighted by Crippen LogP contribution is -2.51. The van der Waals surface area contributed by atoms with Gasteiger partial charge in [-0.05, 0) is 39.0 Å². The molecule has 0 bridgehead atoms. The van der Waals surface area contributed by atoms with E-state index in [-0.39, 0.29) is 11.7 Å². The van der Waals surface area contributed by atoms with Crippen LogP contribution in [0.15, 0.2) is 42.7 Å². The van der Waals surface area contributed by atoms with Crippen LogP contribution in [0.2, 0.25) is 10.0 Å². The standard InChI is InChI=1S/C29H27Cl2N7O3/c1-14(2)37-25-24(35-26(37)18-13-33-23(36(4)5)11-22(18)41-6)27(39)38(21-10-17(31)12-32-15(21)3)29(25)19-8-7-16(30)9-20(19)34-28(29)40/h7-14H,1-6H3,(H,34,40)/t29-/m0/s1. The molecule has 12 heteroatoms. The zero-order chi connectivity index (χ0) is 29.4. The molecule has 1 atom stereocenters. The lowest BCUT2D eigenvalue weighted by Gasteiger charge is -2.36. The lowest BCUT2D eigenvalue weighted by atomic mass is 9.87. The number of ether oxygens (including phenoxy) is 1. The molecule has 0 radical (unpaired) electrons. The van der Waals surface area contributed by atoms with Crippen LogP contribution in [0, 0.1) is 6.92 Å². The maximum absolute atomic E-state index is 14.5. The number of benzene rings is 1. The molecule has 6 rings (SSSR count). The Morgan fingerprint density at radius 3 is 2.49 bits per heavy atom. The van der Waals surface area contributed by atoms with Gasteiger partial charge in [-0.25, -0.2) is 9.97 Å².